The number of aromatic nitrogens is 2. The van der Waals surface area contributed by atoms with Crippen LogP contribution in [0.2, 0.25) is 0 Å². The molecule has 0 aliphatic carbocycles. The fourth-order valence-corrected chi connectivity index (χ4v) is 1.13. The Balaban J connectivity index is 2.87. The maximum absolute atomic E-state index is 11.0. The Labute approximate surface area is 101 Å². The molecule has 0 aliphatic rings. The first-order valence-electron chi connectivity index (χ1n) is 5.28. The fraction of sp³-hybridized carbons (Fsp3) is 0.545. The number of carbonyl (C=O) groups excluding carboxylic acids is 1. The SMILES string of the molecule is COC(=O)CNc1cc(N)nc(C(C)(C)C)n1. The molecule has 0 radical (unpaired) electrons. The fourth-order valence-electron chi connectivity index (χ4n) is 1.13. The topological polar surface area (TPSA) is 90.1 Å². The van der Waals surface area contributed by atoms with Crippen LogP contribution in [0, 0.1) is 0 Å². The Morgan fingerprint density at radius 3 is 2.65 bits per heavy atom. The number of nitrogens with one attached hydrogen (secondary N) is 1. The average molecular weight is 238 g/mol. The van der Waals surface area contributed by atoms with Gasteiger partial charge in [0.1, 0.15) is 24.0 Å². The lowest BCUT2D eigenvalue weighted by molar-refractivity contribution is -0.138. The number of ether oxygens (including phenoxy) is 1. The summed E-state index contributed by atoms with van der Waals surface area (Å²) in [6.07, 6.45) is 0. The van der Waals surface area contributed by atoms with Gasteiger partial charge in [0.05, 0.1) is 7.11 Å². The monoisotopic (exact) mass is 238 g/mol. The van der Waals surface area contributed by atoms with Crippen LogP contribution in [-0.4, -0.2) is 29.6 Å². The molecule has 0 amide bonds. The van der Waals surface area contributed by atoms with E-state index in [-0.39, 0.29) is 17.9 Å². The van der Waals surface area contributed by atoms with Gasteiger partial charge < -0.3 is 15.8 Å². The van der Waals surface area contributed by atoms with Crippen LogP contribution in [0.25, 0.3) is 0 Å². The third kappa shape index (κ3) is 3.90. The number of hydrogen-bond donors (Lipinski definition) is 2. The van der Waals surface area contributed by atoms with E-state index in [9.17, 15) is 4.79 Å². The van der Waals surface area contributed by atoms with Crippen LogP contribution < -0.4 is 11.1 Å². The Morgan fingerprint density at radius 2 is 2.12 bits per heavy atom. The first kappa shape index (κ1) is 13.2. The quantitative estimate of drug-likeness (QED) is 0.762. The number of carbonyl (C=O) groups is 1. The summed E-state index contributed by atoms with van der Waals surface area (Å²) in [6, 6.07) is 1.58. The van der Waals surface area contributed by atoms with Crippen LogP contribution >= 0.6 is 0 Å². The van der Waals surface area contributed by atoms with E-state index in [1.165, 1.54) is 7.11 Å². The van der Waals surface area contributed by atoms with Crippen LogP contribution in [0.4, 0.5) is 11.6 Å². The zero-order valence-corrected chi connectivity index (χ0v) is 10.6. The lowest BCUT2D eigenvalue weighted by Gasteiger charge is -2.17. The van der Waals surface area contributed by atoms with E-state index in [4.69, 9.17) is 5.73 Å². The number of nitrogen functional groups attached to an aromatic ring is 1. The van der Waals surface area contributed by atoms with Crippen LogP contribution in [0.15, 0.2) is 6.07 Å². The molecule has 17 heavy (non-hydrogen) atoms. The standard InChI is InChI=1S/C11H18N4O2/c1-11(2,3)10-14-7(12)5-8(15-10)13-6-9(16)17-4/h5H,6H2,1-4H3,(H3,12,13,14,15). The molecule has 0 fully saturated rings. The van der Waals surface area contributed by atoms with Gasteiger partial charge in [-0.3, -0.25) is 4.79 Å². The molecular formula is C11H18N4O2. The minimum Gasteiger partial charge on any atom is -0.468 e. The lowest BCUT2D eigenvalue weighted by Crippen LogP contribution is -2.20. The second kappa shape index (κ2) is 4.99. The van der Waals surface area contributed by atoms with Crippen molar-refractivity contribution in [3.63, 3.8) is 0 Å². The summed E-state index contributed by atoms with van der Waals surface area (Å²) in [5.41, 5.74) is 5.49. The van der Waals surface area contributed by atoms with Crippen molar-refractivity contribution in [3.8, 4) is 0 Å². The van der Waals surface area contributed by atoms with Gasteiger partial charge in [0.15, 0.2) is 0 Å². The Hall–Kier alpha value is -1.85. The third-order valence-electron chi connectivity index (χ3n) is 2.06. The molecular weight excluding hydrogens is 220 g/mol. The highest BCUT2D eigenvalue weighted by Crippen LogP contribution is 2.20. The van der Waals surface area contributed by atoms with E-state index in [1.54, 1.807) is 6.07 Å². The number of nitrogens with zero attached hydrogens (tertiary/aromatic N) is 2. The van der Waals surface area contributed by atoms with Crippen molar-refractivity contribution in [1.82, 2.24) is 9.97 Å². The van der Waals surface area contributed by atoms with Gasteiger partial charge in [0.2, 0.25) is 0 Å². The minimum absolute atomic E-state index is 0.0521. The molecule has 0 unspecified atom stereocenters. The van der Waals surface area contributed by atoms with Crippen LogP contribution in [0.5, 0.6) is 0 Å². The van der Waals surface area contributed by atoms with Crippen molar-refractivity contribution in [2.24, 2.45) is 0 Å². The molecule has 0 aliphatic heterocycles. The van der Waals surface area contributed by atoms with E-state index in [0.717, 1.165) is 0 Å². The molecule has 1 heterocycles. The molecule has 6 heteroatoms. The summed E-state index contributed by atoms with van der Waals surface area (Å²) < 4.78 is 4.52. The van der Waals surface area contributed by atoms with Crippen molar-refractivity contribution in [3.05, 3.63) is 11.9 Å². The van der Waals surface area contributed by atoms with Crippen molar-refractivity contribution in [2.45, 2.75) is 26.2 Å². The molecule has 0 bridgehead atoms. The van der Waals surface area contributed by atoms with E-state index in [0.29, 0.717) is 17.5 Å². The normalized spacial score (nSPS) is 11.1. The smallest absolute Gasteiger partial charge is 0.325 e. The molecule has 0 saturated carbocycles. The van der Waals surface area contributed by atoms with E-state index in [2.05, 4.69) is 20.0 Å². The minimum atomic E-state index is -0.362. The summed E-state index contributed by atoms with van der Waals surface area (Å²) >= 11 is 0. The molecule has 1 aromatic heterocycles. The van der Waals surface area contributed by atoms with Crippen LogP contribution in [0.1, 0.15) is 26.6 Å². The summed E-state index contributed by atoms with van der Waals surface area (Å²) in [5, 5.41) is 2.84. The predicted molar refractivity (Wildman–Crippen MR) is 65.7 cm³/mol. The molecule has 0 atom stereocenters. The van der Waals surface area contributed by atoms with E-state index in [1.807, 2.05) is 20.8 Å². The number of rotatable bonds is 3. The van der Waals surface area contributed by atoms with Gasteiger partial charge in [-0.25, -0.2) is 9.97 Å². The number of nitrogens with two attached hydrogens (primary N) is 1. The number of methoxy groups -OCH3 is 1. The van der Waals surface area contributed by atoms with Crippen molar-refractivity contribution < 1.29 is 9.53 Å². The zero-order chi connectivity index (χ0) is 13.1. The molecule has 0 spiro atoms. The number of anilines is 2. The Kier molecular flexibility index (Phi) is 3.88. The molecule has 3 N–H and O–H groups in total. The highest BCUT2D eigenvalue weighted by Gasteiger charge is 2.18. The number of esters is 1. The lowest BCUT2D eigenvalue weighted by atomic mass is 9.96. The molecule has 1 aromatic rings. The van der Waals surface area contributed by atoms with Gasteiger partial charge in [0.25, 0.3) is 0 Å². The molecule has 0 aromatic carbocycles. The van der Waals surface area contributed by atoms with E-state index >= 15 is 0 Å². The predicted octanol–water partition coefficient (Wildman–Crippen LogP) is 0.941. The molecule has 1 rings (SSSR count). The van der Waals surface area contributed by atoms with Gasteiger partial charge in [0, 0.05) is 11.5 Å². The maximum Gasteiger partial charge on any atom is 0.325 e. The van der Waals surface area contributed by atoms with Crippen molar-refractivity contribution in [1.29, 1.82) is 0 Å². The third-order valence-corrected chi connectivity index (χ3v) is 2.06. The summed E-state index contributed by atoms with van der Waals surface area (Å²) in [7, 11) is 1.33. The van der Waals surface area contributed by atoms with Gasteiger partial charge >= 0.3 is 5.97 Å². The van der Waals surface area contributed by atoms with Gasteiger partial charge in [-0.15, -0.1) is 0 Å². The average Bonchev–Trinajstić information content (AvgIpc) is 2.24. The largest absolute Gasteiger partial charge is 0.468 e. The Bertz CT molecular complexity index is 412. The first-order valence-corrected chi connectivity index (χ1v) is 5.28. The highest BCUT2D eigenvalue weighted by atomic mass is 16.5. The maximum atomic E-state index is 11.0. The molecule has 0 saturated heterocycles. The summed E-state index contributed by atoms with van der Waals surface area (Å²) in [6.45, 7) is 6.03. The highest BCUT2D eigenvalue weighted by molar-refractivity contribution is 5.74. The number of hydrogen-bond acceptors (Lipinski definition) is 6. The van der Waals surface area contributed by atoms with Crippen molar-refractivity contribution in [2.75, 3.05) is 24.7 Å². The Morgan fingerprint density at radius 1 is 1.47 bits per heavy atom. The zero-order valence-electron chi connectivity index (χ0n) is 10.6. The van der Waals surface area contributed by atoms with Crippen LogP contribution in [0.3, 0.4) is 0 Å². The second-order valence-electron chi connectivity index (χ2n) is 4.68. The first-order chi connectivity index (χ1) is 7.82. The van der Waals surface area contributed by atoms with Crippen molar-refractivity contribution >= 4 is 17.6 Å². The molecule has 94 valence electrons. The molecule has 6 nitrogen and oxygen atoms in total. The van der Waals surface area contributed by atoms with Crippen LogP contribution in [-0.2, 0) is 14.9 Å². The van der Waals surface area contributed by atoms with Gasteiger partial charge in [-0.1, -0.05) is 20.8 Å². The second-order valence-corrected chi connectivity index (χ2v) is 4.68. The van der Waals surface area contributed by atoms with Gasteiger partial charge in [-0.2, -0.15) is 0 Å². The van der Waals surface area contributed by atoms with Gasteiger partial charge in [-0.05, 0) is 0 Å². The van der Waals surface area contributed by atoms with E-state index < -0.39 is 0 Å². The summed E-state index contributed by atoms with van der Waals surface area (Å²) in [5.74, 6) is 1.16. The summed E-state index contributed by atoms with van der Waals surface area (Å²) in [4.78, 5) is 19.5.